The predicted molar refractivity (Wildman–Crippen MR) is 88.0 cm³/mol. The van der Waals surface area contributed by atoms with Gasteiger partial charge in [-0.15, -0.1) is 0 Å². The van der Waals surface area contributed by atoms with Crippen LogP contribution in [0.1, 0.15) is 23.2 Å². The van der Waals surface area contributed by atoms with Crippen molar-refractivity contribution < 1.29 is 14.0 Å². The third-order valence-corrected chi connectivity index (χ3v) is 3.35. The third-order valence-electron chi connectivity index (χ3n) is 3.10. The average molecular weight is 335 g/mol. The van der Waals surface area contributed by atoms with E-state index in [0.29, 0.717) is 29.2 Å². The van der Waals surface area contributed by atoms with E-state index in [1.54, 1.807) is 24.3 Å². The zero-order valence-electron chi connectivity index (χ0n) is 12.3. The fourth-order valence-electron chi connectivity index (χ4n) is 1.91. The topological polar surface area (TPSA) is 58.2 Å². The molecule has 0 saturated carbocycles. The molecule has 0 bridgehead atoms. The fraction of sp³-hybridized carbons (Fsp3) is 0.176. The molecule has 120 valence electrons. The van der Waals surface area contributed by atoms with Gasteiger partial charge in [-0.2, -0.15) is 0 Å². The normalized spacial score (nSPS) is 10.2. The van der Waals surface area contributed by atoms with Crippen molar-refractivity contribution in [2.24, 2.45) is 0 Å². The zero-order chi connectivity index (χ0) is 16.7. The molecule has 0 radical (unpaired) electrons. The Bertz CT molecular complexity index is 672. The Kier molecular flexibility index (Phi) is 6.11. The van der Waals surface area contributed by atoms with E-state index in [4.69, 9.17) is 11.6 Å². The van der Waals surface area contributed by atoms with E-state index in [1.165, 1.54) is 24.3 Å². The van der Waals surface area contributed by atoms with Crippen molar-refractivity contribution in [1.82, 2.24) is 5.32 Å². The van der Waals surface area contributed by atoms with Crippen molar-refractivity contribution >= 4 is 29.1 Å². The van der Waals surface area contributed by atoms with E-state index in [2.05, 4.69) is 10.6 Å². The standard InChI is InChI=1S/C17H16ClFN2O2/c18-13-5-3-12(4-6-13)17(23)20-11-1-2-16(22)21-15-9-7-14(19)8-10-15/h3-10H,1-2,11H2,(H,20,23)(H,21,22). The Morgan fingerprint density at radius 1 is 1.00 bits per heavy atom. The highest BCUT2D eigenvalue weighted by Gasteiger charge is 2.06. The molecule has 0 atom stereocenters. The second-order valence-electron chi connectivity index (χ2n) is 4.92. The lowest BCUT2D eigenvalue weighted by Gasteiger charge is -2.07. The van der Waals surface area contributed by atoms with Crippen LogP contribution in [0.5, 0.6) is 0 Å². The average Bonchev–Trinajstić information content (AvgIpc) is 2.54. The molecule has 0 heterocycles. The number of hydrogen-bond acceptors (Lipinski definition) is 2. The van der Waals surface area contributed by atoms with E-state index < -0.39 is 0 Å². The quantitative estimate of drug-likeness (QED) is 0.793. The van der Waals surface area contributed by atoms with Gasteiger partial charge in [-0.1, -0.05) is 11.6 Å². The van der Waals surface area contributed by atoms with E-state index >= 15 is 0 Å². The lowest BCUT2D eigenvalue weighted by Crippen LogP contribution is -2.25. The van der Waals surface area contributed by atoms with Crippen molar-refractivity contribution in [3.8, 4) is 0 Å². The zero-order valence-corrected chi connectivity index (χ0v) is 13.1. The van der Waals surface area contributed by atoms with Gasteiger partial charge in [-0.3, -0.25) is 9.59 Å². The van der Waals surface area contributed by atoms with Crippen LogP contribution < -0.4 is 10.6 Å². The number of anilines is 1. The van der Waals surface area contributed by atoms with Gasteiger partial charge in [-0.05, 0) is 55.0 Å². The molecule has 0 aliphatic heterocycles. The maximum Gasteiger partial charge on any atom is 0.251 e. The van der Waals surface area contributed by atoms with Crippen molar-refractivity contribution in [3.63, 3.8) is 0 Å². The molecule has 0 aliphatic rings. The van der Waals surface area contributed by atoms with E-state index in [0.717, 1.165) is 0 Å². The molecule has 2 rings (SSSR count). The first-order valence-corrected chi connectivity index (χ1v) is 7.51. The van der Waals surface area contributed by atoms with Gasteiger partial charge >= 0.3 is 0 Å². The van der Waals surface area contributed by atoms with E-state index in [1.807, 2.05) is 0 Å². The van der Waals surface area contributed by atoms with Gasteiger partial charge in [-0.25, -0.2) is 4.39 Å². The van der Waals surface area contributed by atoms with Crippen molar-refractivity contribution in [2.45, 2.75) is 12.8 Å². The van der Waals surface area contributed by atoms with Crippen molar-refractivity contribution in [1.29, 1.82) is 0 Å². The smallest absolute Gasteiger partial charge is 0.251 e. The second-order valence-corrected chi connectivity index (χ2v) is 5.36. The molecule has 0 fully saturated rings. The number of carbonyl (C=O) groups is 2. The summed E-state index contributed by atoms with van der Waals surface area (Å²) in [6.07, 6.45) is 0.768. The lowest BCUT2D eigenvalue weighted by molar-refractivity contribution is -0.116. The molecule has 2 amide bonds. The van der Waals surface area contributed by atoms with Gasteiger partial charge < -0.3 is 10.6 Å². The number of nitrogens with one attached hydrogen (secondary N) is 2. The Balaban J connectivity index is 1.68. The minimum absolute atomic E-state index is 0.183. The molecule has 2 N–H and O–H groups in total. The monoisotopic (exact) mass is 334 g/mol. The molecule has 6 heteroatoms. The molecular formula is C17H16ClFN2O2. The third kappa shape index (κ3) is 5.71. The molecule has 0 aliphatic carbocycles. The number of halogens is 2. The first-order valence-electron chi connectivity index (χ1n) is 7.14. The minimum Gasteiger partial charge on any atom is -0.352 e. The summed E-state index contributed by atoms with van der Waals surface area (Å²) in [6.45, 7) is 0.387. The minimum atomic E-state index is -0.354. The Hall–Kier alpha value is -2.40. The number of hydrogen-bond donors (Lipinski definition) is 2. The van der Waals surface area contributed by atoms with Gasteiger partial charge in [0.05, 0.1) is 0 Å². The first kappa shape index (κ1) is 17.0. The Morgan fingerprint density at radius 3 is 2.30 bits per heavy atom. The van der Waals surface area contributed by atoms with Gasteiger partial charge in [0, 0.05) is 29.2 Å². The van der Waals surface area contributed by atoms with Crippen LogP contribution in [0.3, 0.4) is 0 Å². The highest BCUT2D eigenvalue weighted by Crippen LogP contribution is 2.10. The van der Waals surface area contributed by atoms with Crippen molar-refractivity contribution in [2.75, 3.05) is 11.9 Å². The van der Waals surface area contributed by atoms with Gasteiger partial charge in [0.2, 0.25) is 5.91 Å². The number of amides is 2. The van der Waals surface area contributed by atoms with Gasteiger partial charge in [0.1, 0.15) is 5.82 Å². The highest BCUT2D eigenvalue weighted by atomic mass is 35.5. The molecule has 0 saturated heterocycles. The van der Waals surface area contributed by atoms with Crippen LogP contribution in [-0.2, 0) is 4.79 Å². The summed E-state index contributed by atoms with van der Waals surface area (Å²) in [6, 6.07) is 12.1. The summed E-state index contributed by atoms with van der Waals surface area (Å²) >= 11 is 5.76. The van der Waals surface area contributed by atoms with Crippen LogP contribution in [0.2, 0.25) is 5.02 Å². The Labute approximate surface area is 138 Å². The number of rotatable bonds is 6. The van der Waals surface area contributed by atoms with Crippen LogP contribution in [-0.4, -0.2) is 18.4 Å². The van der Waals surface area contributed by atoms with Crippen LogP contribution in [0.4, 0.5) is 10.1 Å². The molecule has 2 aromatic rings. The van der Waals surface area contributed by atoms with Gasteiger partial charge in [0.15, 0.2) is 0 Å². The van der Waals surface area contributed by atoms with Crippen molar-refractivity contribution in [3.05, 3.63) is 64.9 Å². The molecule has 0 aromatic heterocycles. The SMILES string of the molecule is O=C(CCCNC(=O)c1ccc(Cl)cc1)Nc1ccc(F)cc1. The number of carbonyl (C=O) groups excluding carboxylic acids is 2. The summed E-state index contributed by atoms with van der Waals surface area (Å²) in [5, 5.41) is 5.96. The van der Waals surface area contributed by atoms with Gasteiger partial charge in [0.25, 0.3) is 5.91 Å². The maximum absolute atomic E-state index is 12.8. The van der Waals surface area contributed by atoms with E-state index in [-0.39, 0.29) is 24.1 Å². The highest BCUT2D eigenvalue weighted by molar-refractivity contribution is 6.30. The first-order chi connectivity index (χ1) is 11.0. The summed E-state index contributed by atoms with van der Waals surface area (Å²) in [4.78, 5) is 23.6. The van der Waals surface area contributed by atoms with Crippen LogP contribution in [0.15, 0.2) is 48.5 Å². The molecule has 2 aromatic carbocycles. The number of benzene rings is 2. The fourth-order valence-corrected chi connectivity index (χ4v) is 2.04. The molecular weight excluding hydrogens is 319 g/mol. The summed E-state index contributed by atoms with van der Waals surface area (Å²) in [5.41, 5.74) is 1.06. The summed E-state index contributed by atoms with van der Waals surface area (Å²) < 4.78 is 12.8. The molecule has 23 heavy (non-hydrogen) atoms. The van der Waals surface area contributed by atoms with E-state index in [9.17, 15) is 14.0 Å². The van der Waals surface area contributed by atoms with Crippen LogP contribution in [0, 0.1) is 5.82 Å². The maximum atomic E-state index is 12.8. The molecule has 0 spiro atoms. The largest absolute Gasteiger partial charge is 0.352 e. The predicted octanol–water partition coefficient (Wildman–Crippen LogP) is 3.63. The second kappa shape index (κ2) is 8.29. The Morgan fingerprint density at radius 2 is 1.65 bits per heavy atom. The lowest BCUT2D eigenvalue weighted by atomic mass is 10.2. The van der Waals surface area contributed by atoms with Crippen LogP contribution >= 0.6 is 11.6 Å². The molecule has 4 nitrogen and oxygen atoms in total. The molecule has 0 unspecified atom stereocenters. The summed E-state index contributed by atoms with van der Waals surface area (Å²) in [5.74, 6) is -0.745. The van der Waals surface area contributed by atoms with Crippen LogP contribution in [0.25, 0.3) is 0 Å². The summed E-state index contributed by atoms with van der Waals surface area (Å²) in [7, 11) is 0.